The number of rotatable bonds is 8. The Morgan fingerprint density at radius 2 is 1.55 bits per heavy atom. The quantitative estimate of drug-likeness (QED) is 0.519. The third-order valence-corrected chi connectivity index (χ3v) is 3.24. The number of esters is 1. The Bertz CT molecular complexity index is 526. The molecule has 3 N–H and O–H groups in total. The molecular formula is C20H39N3O6. The number of alkyl carbamates (subject to hydrolysis) is 1. The molecule has 0 aromatic rings. The maximum atomic E-state index is 12.0. The highest BCUT2D eigenvalue weighted by Crippen LogP contribution is 2.12. The molecule has 3 amide bonds. The zero-order valence-corrected chi connectivity index (χ0v) is 19.3. The second kappa shape index (κ2) is 14.6. The minimum absolute atomic E-state index is 0.0982. The van der Waals surface area contributed by atoms with E-state index < -0.39 is 35.5 Å². The fourth-order valence-corrected chi connectivity index (χ4v) is 2.02. The lowest BCUT2D eigenvalue weighted by atomic mass is 9.96. The summed E-state index contributed by atoms with van der Waals surface area (Å²) in [5.74, 6) is -1.09. The van der Waals surface area contributed by atoms with Crippen molar-refractivity contribution in [3.63, 3.8) is 0 Å². The molecule has 0 saturated carbocycles. The van der Waals surface area contributed by atoms with Crippen molar-refractivity contribution in [2.24, 2.45) is 11.8 Å². The highest BCUT2D eigenvalue weighted by molar-refractivity contribution is 5.88. The van der Waals surface area contributed by atoms with Crippen LogP contribution in [0.15, 0.2) is 0 Å². The van der Waals surface area contributed by atoms with E-state index in [-0.39, 0.29) is 18.9 Å². The molecule has 0 aromatic carbocycles. The van der Waals surface area contributed by atoms with Gasteiger partial charge < -0.3 is 25.4 Å². The molecule has 0 spiro atoms. The van der Waals surface area contributed by atoms with Crippen LogP contribution in [0, 0.1) is 11.8 Å². The average molecular weight is 418 g/mol. The standard InChI is InChI=1S/C16H29N3O6.C4H10/c1-7-10(13(21)17-5)8-11(14(22)24-6)19-12(20)9-18-15(23)25-16(2,3)4;1-4(2)3/h10-11H,7-9H2,1-6H3,(H,17,21)(H,18,23)(H,19,20);4H,1-3H3. The largest absolute Gasteiger partial charge is 0.467 e. The van der Waals surface area contributed by atoms with E-state index in [1.165, 1.54) is 14.2 Å². The number of hydrogen-bond donors (Lipinski definition) is 3. The Morgan fingerprint density at radius 1 is 1.03 bits per heavy atom. The van der Waals surface area contributed by atoms with Crippen molar-refractivity contribution < 1.29 is 28.7 Å². The lowest BCUT2D eigenvalue weighted by Crippen LogP contribution is -2.48. The molecule has 0 rings (SSSR count). The second-order valence-electron chi connectivity index (χ2n) is 8.19. The van der Waals surface area contributed by atoms with E-state index in [1.54, 1.807) is 27.7 Å². The van der Waals surface area contributed by atoms with E-state index in [4.69, 9.17) is 4.74 Å². The summed E-state index contributed by atoms with van der Waals surface area (Å²) >= 11 is 0. The first-order valence-electron chi connectivity index (χ1n) is 9.82. The third kappa shape index (κ3) is 16.3. The van der Waals surface area contributed by atoms with Gasteiger partial charge in [-0.3, -0.25) is 9.59 Å². The van der Waals surface area contributed by atoms with Crippen molar-refractivity contribution in [3.05, 3.63) is 0 Å². The first kappa shape index (κ1) is 28.9. The van der Waals surface area contributed by atoms with Gasteiger partial charge in [0, 0.05) is 13.0 Å². The summed E-state index contributed by atoms with van der Waals surface area (Å²) < 4.78 is 9.68. The van der Waals surface area contributed by atoms with Crippen LogP contribution in [-0.2, 0) is 23.9 Å². The number of hydrogen-bond acceptors (Lipinski definition) is 6. The van der Waals surface area contributed by atoms with Crippen LogP contribution in [0.5, 0.6) is 0 Å². The smallest absolute Gasteiger partial charge is 0.408 e. The fourth-order valence-electron chi connectivity index (χ4n) is 2.02. The van der Waals surface area contributed by atoms with Gasteiger partial charge in [0.2, 0.25) is 11.8 Å². The number of amides is 3. The number of carbonyl (C=O) groups excluding carboxylic acids is 4. The van der Waals surface area contributed by atoms with Gasteiger partial charge in [-0.2, -0.15) is 0 Å². The second-order valence-corrected chi connectivity index (χ2v) is 8.19. The van der Waals surface area contributed by atoms with Gasteiger partial charge in [-0.05, 0) is 39.5 Å². The maximum Gasteiger partial charge on any atom is 0.408 e. The summed E-state index contributed by atoms with van der Waals surface area (Å²) in [4.78, 5) is 47.1. The van der Waals surface area contributed by atoms with Crippen molar-refractivity contribution >= 4 is 23.9 Å². The minimum Gasteiger partial charge on any atom is -0.467 e. The van der Waals surface area contributed by atoms with Crippen molar-refractivity contribution in [1.29, 1.82) is 0 Å². The van der Waals surface area contributed by atoms with Crippen LogP contribution in [-0.4, -0.2) is 56.2 Å². The molecule has 0 saturated heterocycles. The van der Waals surface area contributed by atoms with Gasteiger partial charge in [0.25, 0.3) is 0 Å². The fraction of sp³-hybridized carbons (Fsp3) is 0.800. The number of nitrogens with one attached hydrogen (secondary N) is 3. The van der Waals surface area contributed by atoms with Crippen molar-refractivity contribution in [1.82, 2.24) is 16.0 Å². The first-order chi connectivity index (χ1) is 13.3. The van der Waals surface area contributed by atoms with Crippen molar-refractivity contribution in [2.45, 2.75) is 73.0 Å². The molecule has 0 aromatic heterocycles. The van der Waals surface area contributed by atoms with Gasteiger partial charge in [0.15, 0.2) is 0 Å². The highest BCUT2D eigenvalue weighted by atomic mass is 16.6. The molecule has 0 bridgehead atoms. The molecule has 2 unspecified atom stereocenters. The van der Waals surface area contributed by atoms with Gasteiger partial charge in [-0.15, -0.1) is 0 Å². The third-order valence-electron chi connectivity index (χ3n) is 3.24. The van der Waals surface area contributed by atoms with Gasteiger partial charge in [-0.25, -0.2) is 9.59 Å². The molecule has 0 aliphatic carbocycles. The minimum atomic E-state index is -0.986. The number of ether oxygens (including phenoxy) is 2. The molecule has 29 heavy (non-hydrogen) atoms. The zero-order chi connectivity index (χ0) is 23.2. The molecular weight excluding hydrogens is 378 g/mol. The van der Waals surface area contributed by atoms with E-state index in [0.717, 1.165) is 5.92 Å². The predicted octanol–water partition coefficient (Wildman–Crippen LogP) is 1.99. The number of methoxy groups -OCH3 is 1. The van der Waals surface area contributed by atoms with Crippen LogP contribution < -0.4 is 16.0 Å². The molecule has 0 radical (unpaired) electrons. The molecule has 0 aliphatic rings. The van der Waals surface area contributed by atoms with Gasteiger partial charge in [-0.1, -0.05) is 27.7 Å². The van der Waals surface area contributed by atoms with Crippen LogP contribution in [0.1, 0.15) is 61.3 Å². The topological polar surface area (TPSA) is 123 Å². The molecule has 2 atom stereocenters. The van der Waals surface area contributed by atoms with Crippen LogP contribution in [0.2, 0.25) is 0 Å². The Morgan fingerprint density at radius 3 is 1.93 bits per heavy atom. The predicted molar refractivity (Wildman–Crippen MR) is 111 cm³/mol. The maximum absolute atomic E-state index is 12.0. The molecule has 0 heterocycles. The summed E-state index contributed by atoms with van der Waals surface area (Å²) in [6.07, 6.45) is -0.144. The van der Waals surface area contributed by atoms with E-state index >= 15 is 0 Å². The first-order valence-corrected chi connectivity index (χ1v) is 9.82. The van der Waals surface area contributed by atoms with Crippen LogP contribution in [0.3, 0.4) is 0 Å². The highest BCUT2D eigenvalue weighted by Gasteiger charge is 2.28. The normalized spacial score (nSPS) is 12.6. The molecule has 0 aliphatic heterocycles. The van der Waals surface area contributed by atoms with E-state index in [9.17, 15) is 19.2 Å². The molecule has 0 fully saturated rings. The van der Waals surface area contributed by atoms with Gasteiger partial charge in [0.1, 0.15) is 18.2 Å². The average Bonchev–Trinajstić information content (AvgIpc) is 2.60. The molecule has 9 nitrogen and oxygen atoms in total. The lowest BCUT2D eigenvalue weighted by Gasteiger charge is -2.22. The summed E-state index contributed by atoms with van der Waals surface area (Å²) in [5, 5.41) is 7.28. The Balaban J connectivity index is 0. The Hall–Kier alpha value is -2.32. The van der Waals surface area contributed by atoms with Crippen molar-refractivity contribution in [3.8, 4) is 0 Å². The molecule has 170 valence electrons. The van der Waals surface area contributed by atoms with Crippen molar-refractivity contribution in [2.75, 3.05) is 20.7 Å². The number of carbonyl (C=O) groups is 4. The van der Waals surface area contributed by atoms with Crippen LogP contribution in [0.25, 0.3) is 0 Å². The van der Waals surface area contributed by atoms with E-state index in [0.29, 0.717) is 6.42 Å². The SMILES string of the molecule is CC(C)C.CCC(CC(NC(=O)CNC(=O)OC(C)(C)C)C(=O)OC)C(=O)NC. The summed E-state index contributed by atoms with van der Waals surface area (Å²) in [5.41, 5.74) is -0.684. The summed E-state index contributed by atoms with van der Waals surface area (Å²) in [7, 11) is 2.70. The monoisotopic (exact) mass is 417 g/mol. The van der Waals surface area contributed by atoms with Gasteiger partial charge in [0.05, 0.1) is 7.11 Å². The summed E-state index contributed by atoms with van der Waals surface area (Å²) in [6.45, 7) is 13.0. The lowest BCUT2D eigenvalue weighted by molar-refractivity contribution is -0.145. The van der Waals surface area contributed by atoms with Gasteiger partial charge >= 0.3 is 12.1 Å². The zero-order valence-electron chi connectivity index (χ0n) is 19.3. The van der Waals surface area contributed by atoms with Crippen LogP contribution in [0.4, 0.5) is 4.79 Å². The van der Waals surface area contributed by atoms with E-state index in [2.05, 4.69) is 41.5 Å². The van der Waals surface area contributed by atoms with Crippen LogP contribution >= 0.6 is 0 Å². The Kier molecular flexibility index (Phi) is 14.6. The van der Waals surface area contributed by atoms with E-state index in [1.807, 2.05) is 0 Å². The molecule has 9 heteroatoms. The Labute approximate surface area is 174 Å². The summed E-state index contributed by atoms with van der Waals surface area (Å²) in [6, 6.07) is -0.986.